The van der Waals surface area contributed by atoms with Gasteiger partial charge >= 0.3 is 0 Å². The molecule has 0 saturated carbocycles. The van der Waals surface area contributed by atoms with Crippen LogP contribution in [0.25, 0.3) is 0 Å². The van der Waals surface area contributed by atoms with Gasteiger partial charge < -0.3 is 5.32 Å². The molecule has 0 spiro atoms. The van der Waals surface area contributed by atoms with Crippen molar-refractivity contribution in [3.63, 3.8) is 0 Å². The van der Waals surface area contributed by atoms with Crippen LogP contribution in [0.3, 0.4) is 0 Å². The number of hydrogen-bond donors (Lipinski definition) is 1. The second-order valence-electron chi connectivity index (χ2n) is 3.97. The van der Waals surface area contributed by atoms with Gasteiger partial charge in [-0.1, -0.05) is 11.6 Å². The number of aromatic nitrogens is 3. The molecule has 0 saturated heterocycles. The van der Waals surface area contributed by atoms with Gasteiger partial charge in [0.15, 0.2) is 0 Å². The summed E-state index contributed by atoms with van der Waals surface area (Å²) in [4.78, 5) is 23.7. The van der Waals surface area contributed by atoms with Crippen LogP contribution in [0.2, 0.25) is 10.4 Å². The summed E-state index contributed by atoms with van der Waals surface area (Å²) in [7, 11) is 0. The number of pyridine rings is 1. The lowest BCUT2D eigenvalue weighted by Crippen LogP contribution is -2.15. The van der Waals surface area contributed by atoms with E-state index in [1.807, 2.05) is 19.9 Å². The van der Waals surface area contributed by atoms with Crippen LogP contribution in [0.4, 0.5) is 5.82 Å². The molecule has 7 heteroatoms. The van der Waals surface area contributed by atoms with Gasteiger partial charge in [0.1, 0.15) is 16.7 Å². The molecule has 0 aliphatic rings. The van der Waals surface area contributed by atoms with Gasteiger partial charge in [-0.2, -0.15) is 0 Å². The van der Waals surface area contributed by atoms with Crippen molar-refractivity contribution in [3.8, 4) is 0 Å². The molecule has 98 valence electrons. The van der Waals surface area contributed by atoms with E-state index >= 15 is 0 Å². The lowest BCUT2D eigenvalue weighted by atomic mass is 10.2. The van der Waals surface area contributed by atoms with Gasteiger partial charge in [-0.25, -0.2) is 15.0 Å². The Labute approximate surface area is 120 Å². The Balaban J connectivity index is 2.25. The van der Waals surface area contributed by atoms with E-state index in [0.717, 1.165) is 11.3 Å². The third-order valence-electron chi connectivity index (χ3n) is 2.24. The fourth-order valence-corrected chi connectivity index (χ4v) is 2.00. The zero-order chi connectivity index (χ0) is 14.0. The molecule has 0 aliphatic heterocycles. The Hall–Kier alpha value is -1.72. The highest BCUT2D eigenvalue weighted by Gasteiger charge is 2.11. The average Bonchev–Trinajstić information content (AvgIpc) is 2.25. The standard InChI is InChI=1S/C12H10Cl2N4O/c1-6-3-7(2)15-8(4-6)11(19)17-10-5-9(13)16-12(14)18-10/h3-5H,1-2H3,(H,16,17,18,19). The first kappa shape index (κ1) is 13.7. The minimum absolute atomic E-state index is 0.0313. The quantitative estimate of drug-likeness (QED) is 0.683. The van der Waals surface area contributed by atoms with E-state index in [-0.39, 0.29) is 22.2 Å². The number of halogens is 2. The number of amides is 1. The number of carbonyl (C=O) groups is 1. The molecule has 0 fully saturated rings. The summed E-state index contributed by atoms with van der Waals surface area (Å²) in [6.07, 6.45) is 0. The number of hydrogen-bond acceptors (Lipinski definition) is 4. The first-order valence-corrected chi connectivity index (χ1v) is 6.16. The highest BCUT2D eigenvalue weighted by molar-refractivity contribution is 6.32. The van der Waals surface area contributed by atoms with Crippen LogP contribution >= 0.6 is 23.2 Å². The van der Waals surface area contributed by atoms with E-state index in [2.05, 4.69) is 20.3 Å². The molecule has 0 atom stereocenters. The van der Waals surface area contributed by atoms with Gasteiger partial charge in [-0.05, 0) is 43.1 Å². The molecule has 0 aromatic carbocycles. The fourth-order valence-electron chi connectivity index (χ4n) is 1.59. The highest BCUT2D eigenvalue weighted by Crippen LogP contribution is 2.15. The lowest BCUT2D eigenvalue weighted by molar-refractivity contribution is 0.102. The van der Waals surface area contributed by atoms with Gasteiger partial charge in [0.05, 0.1) is 0 Å². The number of rotatable bonds is 2. The molecule has 2 heterocycles. The maximum absolute atomic E-state index is 12.0. The first-order valence-electron chi connectivity index (χ1n) is 5.41. The van der Waals surface area contributed by atoms with Crippen molar-refractivity contribution in [2.24, 2.45) is 0 Å². The molecule has 1 amide bonds. The minimum Gasteiger partial charge on any atom is -0.305 e. The SMILES string of the molecule is Cc1cc(C)nc(C(=O)Nc2cc(Cl)nc(Cl)n2)c1. The van der Waals surface area contributed by atoms with Crippen LogP contribution < -0.4 is 5.32 Å². The van der Waals surface area contributed by atoms with Crippen molar-refractivity contribution in [2.75, 3.05) is 5.32 Å². The Morgan fingerprint density at radius 3 is 2.47 bits per heavy atom. The smallest absolute Gasteiger partial charge is 0.275 e. The molecule has 5 nitrogen and oxygen atoms in total. The summed E-state index contributed by atoms with van der Waals surface area (Å²) < 4.78 is 0. The average molecular weight is 297 g/mol. The molecule has 0 bridgehead atoms. The second kappa shape index (κ2) is 5.50. The number of nitrogens with one attached hydrogen (secondary N) is 1. The van der Waals surface area contributed by atoms with E-state index < -0.39 is 0 Å². The van der Waals surface area contributed by atoms with Gasteiger partial charge in [-0.3, -0.25) is 4.79 Å². The fraction of sp³-hybridized carbons (Fsp3) is 0.167. The molecule has 2 aromatic heterocycles. The van der Waals surface area contributed by atoms with Crippen molar-refractivity contribution in [1.82, 2.24) is 15.0 Å². The van der Waals surface area contributed by atoms with Crippen molar-refractivity contribution in [2.45, 2.75) is 13.8 Å². The lowest BCUT2D eigenvalue weighted by Gasteiger charge is -2.06. The maximum atomic E-state index is 12.0. The number of nitrogens with zero attached hydrogens (tertiary/aromatic N) is 3. The van der Waals surface area contributed by atoms with Crippen molar-refractivity contribution in [3.05, 3.63) is 45.6 Å². The van der Waals surface area contributed by atoms with Crippen molar-refractivity contribution in [1.29, 1.82) is 0 Å². The first-order chi connectivity index (χ1) is 8.94. The predicted octanol–water partition coefficient (Wildman–Crippen LogP) is 3.05. The van der Waals surface area contributed by atoms with Gasteiger partial charge in [0.25, 0.3) is 5.91 Å². The zero-order valence-electron chi connectivity index (χ0n) is 10.2. The summed E-state index contributed by atoms with van der Waals surface area (Å²) in [5.41, 5.74) is 2.03. The molecule has 2 aromatic rings. The van der Waals surface area contributed by atoms with Gasteiger partial charge in [0.2, 0.25) is 5.28 Å². The third-order valence-corrected chi connectivity index (χ3v) is 2.60. The van der Waals surface area contributed by atoms with E-state index in [0.29, 0.717) is 5.69 Å². The van der Waals surface area contributed by atoms with Gasteiger partial charge in [-0.15, -0.1) is 0 Å². The Bertz CT molecular complexity index is 605. The van der Waals surface area contributed by atoms with Crippen LogP contribution in [0.5, 0.6) is 0 Å². The Morgan fingerprint density at radius 2 is 1.84 bits per heavy atom. The van der Waals surface area contributed by atoms with Crippen molar-refractivity contribution >= 4 is 34.9 Å². The summed E-state index contributed by atoms with van der Waals surface area (Å²) in [5, 5.41) is 2.70. The van der Waals surface area contributed by atoms with Crippen LogP contribution in [0, 0.1) is 13.8 Å². The van der Waals surface area contributed by atoms with E-state index in [4.69, 9.17) is 23.2 Å². The monoisotopic (exact) mass is 296 g/mol. The molecule has 1 N–H and O–H groups in total. The van der Waals surface area contributed by atoms with Crippen molar-refractivity contribution < 1.29 is 4.79 Å². The second-order valence-corrected chi connectivity index (χ2v) is 4.70. The molecular weight excluding hydrogens is 287 g/mol. The minimum atomic E-state index is -0.377. The normalized spacial score (nSPS) is 10.3. The zero-order valence-corrected chi connectivity index (χ0v) is 11.7. The topological polar surface area (TPSA) is 67.8 Å². The molecule has 0 radical (unpaired) electrons. The Kier molecular flexibility index (Phi) is 3.97. The summed E-state index contributed by atoms with van der Waals surface area (Å²) in [6.45, 7) is 3.71. The highest BCUT2D eigenvalue weighted by atomic mass is 35.5. The molecule has 0 aliphatic carbocycles. The van der Waals surface area contributed by atoms with E-state index in [1.165, 1.54) is 6.07 Å². The maximum Gasteiger partial charge on any atom is 0.275 e. The van der Waals surface area contributed by atoms with Crippen LogP contribution in [-0.2, 0) is 0 Å². The van der Waals surface area contributed by atoms with Crippen LogP contribution in [-0.4, -0.2) is 20.9 Å². The molecular formula is C12H10Cl2N4O. The van der Waals surface area contributed by atoms with Crippen LogP contribution in [0.15, 0.2) is 18.2 Å². The molecule has 2 rings (SSSR count). The number of carbonyl (C=O) groups excluding carboxylic acids is 1. The predicted molar refractivity (Wildman–Crippen MR) is 73.7 cm³/mol. The third kappa shape index (κ3) is 3.62. The van der Waals surface area contributed by atoms with Crippen LogP contribution in [0.1, 0.15) is 21.7 Å². The molecule has 19 heavy (non-hydrogen) atoms. The Morgan fingerprint density at radius 1 is 1.11 bits per heavy atom. The van der Waals surface area contributed by atoms with Gasteiger partial charge in [0, 0.05) is 11.8 Å². The summed E-state index contributed by atoms with van der Waals surface area (Å²) in [5.74, 6) is -0.145. The van der Waals surface area contributed by atoms with E-state index in [1.54, 1.807) is 6.07 Å². The molecule has 0 unspecified atom stereocenters. The van der Waals surface area contributed by atoms with E-state index in [9.17, 15) is 4.79 Å². The number of aryl methyl sites for hydroxylation is 2. The summed E-state index contributed by atoms with van der Waals surface area (Å²) in [6, 6.07) is 4.98. The summed E-state index contributed by atoms with van der Waals surface area (Å²) >= 11 is 11.4. The number of anilines is 1. The largest absolute Gasteiger partial charge is 0.305 e.